The largest absolute Gasteiger partial charge is 0.461 e. The van der Waals surface area contributed by atoms with Gasteiger partial charge in [-0.1, -0.05) is 6.92 Å². The lowest BCUT2D eigenvalue weighted by Gasteiger charge is -2.05. The zero-order valence-corrected chi connectivity index (χ0v) is 11.1. The van der Waals surface area contributed by atoms with Crippen molar-refractivity contribution in [3.63, 3.8) is 0 Å². The average molecular weight is 247 g/mol. The Morgan fingerprint density at radius 3 is 2.67 bits per heavy atom. The van der Waals surface area contributed by atoms with Crippen LogP contribution in [0.25, 0.3) is 5.78 Å². The molecule has 0 N–H and O–H groups in total. The second kappa shape index (κ2) is 4.76. The highest BCUT2D eigenvalue weighted by atomic mass is 16.5. The van der Waals surface area contributed by atoms with E-state index >= 15 is 0 Å². The molecule has 5 nitrogen and oxygen atoms in total. The summed E-state index contributed by atoms with van der Waals surface area (Å²) < 4.78 is 6.80. The van der Waals surface area contributed by atoms with E-state index in [1.165, 1.54) is 0 Å². The van der Waals surface area contributed by atoms with Gasteiger partial charge in [-0.3, -0.25) is 4.40 Å². The number of aryl methyl sites for hydroxylation is 3. The van der Waals surface area contributed by atoms with Crippen molar-refractivity contribution in [2.45, 2.75) is 34.1 Å². The van der Waals surface area contributed by atoms with Gasteiger partial charge in [0.2, 0.25) is 5.78 Å². The molecule has 0 amide bonds. The van der Waals surface area contributed by atoms with Crippen molar-refractivity contribution in [3.05, 3.63) is 28.8 Å². The number of esters is 1. The summed E-state index contributed by atoms with van der Waals surface area (Å²) in [5, 5.41) is 0. The van der Waals surface area contributed by atoms with Gasteiger partial charge in [-0.25, -0.2) is 14.8 Å². The van der Waals surface area contributed by atoms with Crippen molar-refractivity contribution in [1.29, 1.82) is 0 Å². The summed E-state index contributed by atoms with van der Waals surface area (Å²) in [7, 11) is 0. The number of fused-ring (bicyclic) bond motifs is 1. The van der Waals surface area contributed by atoms with Crippen molar-refractivity contribution in [2.24, 2.45) is 0 Å². The Hall–Kier alpha value is -1.91. The van der Waals surface area contributed by atoms with Crippen LogP contribution in [0.4, 0.5) is 0 Å². The molecule has 2 aromatic heterocycles. The Bertz CT molecular complexity index is 602. The van der Waals surface area contributed by atoms with E-state index in [2.05, 4.69) is 9.97 Å². The lowest BCUT2D eigenvalue weighted by molar-refractivity contribution is 0.0517. The lowest BCUT2D eigenvalue weighted by Crippen LogP contribution is -2.11. The molecule has 0 bridgehead atoms. The number of hydrogen-bond acceptors (Lipinski definition) is 4. The molecule has 0 aliphatic heterocycles. The van der Waals surface area contributed by atoms with Crippen LogP contribution in [0.15, 0.2) is 6.20 Å². The summed E-state index contributed by atoms with van der Waals surface area (Å²) >= 11 is 0. The van der Waals surface area contributed by atoms with Gasteiger partial charge in [0, 0.05) is 11.9 Å². The number of carbonyl (C=O) groups excluding carboxylic acids is 1. The Morgan fingerprint density at radius 1 is 1.33 bits per heavy atom. The van der Waals surface area contributed by atoms with Crippen LogP contribution < -0.4 is 0 Å². The number of nitrogens with zero attached hydrogens (tertiary/aromatic N) is 3. The molecule has 0 aliphatic carbocycles. The van der Waals surface area contributed by atoms with Crippen LogP contribution in [0.2, 0.25) is 0 Å². The second-order valence-electron chi connectivity index (χ2n) is 4.16. The highest BCUT2D eigenvalue weighted by molar-refractivity contribution is 5.90. The van der Waals surface area contributed by atoms with E-state index in [9.17, 15) is 4.79 Å². The van der Waals surface area contributed by atoms with Crippen molar-refractivity contribution >= 4 is 11.7 Å². The maximum atomic E-state index is 12.0. The van der Waals surface area contributed by atoms with Gasteiger partial charge in [-0.2, -0.15) is 0 Å². The maximum Gasteiger partial charge on any atom is 0.357 e. The summed E-state index contributed by atoms with van der Waals surface area (Å²) in [5.41, 5.74) is 3.16. The third-order valence-corrected chi connectivity index (χ3v) is 2.93. The molecule has 0 atom stereocenters. The quantitative estimate of drug-likeness (QED) is 0.779. The van der Waals surface area contributed by atoms with Gasteiger partial charge in [0.05, 0.1) is 12.3 Å². The molecule has 5 heteroatoms. The number of hydrogen-bond donors (Lipinski definition) is 0. The molecule has 0 saturated carbocycles. The highest BCUT2D eigenvalue weighted by Gasteiger charge is 2.20. The minimum absolute atomic E-state index is 0.341. The minimum atomic E-state index is -0.341. The van der Waals surface area contributed by atoms with Crippen molar-refractivity contribution in [2.75, 3.05) is 6.61 Å². The number of aromatic nitrogens is 3. The van der Waals surface area contributed by atoms with E-state index < -0.39 is 0 Å². The molecule has 0 unspecified atom stereocenters. The summed E-state index contributed by atoms with van der Waals surface area (Å²) in [6.45, 7) is 8.00. The first-order valence-electron chi connectivity index (χ1n) is 6.10. The predicted molar refractivity (Wildman–Crippen MR) is 67.8 cm³/mol. The summed E-state index contributed by atoms with van der Waals surface area (Å²) in [6, 6.07) is 0. The maximum absolute atomic E-state index is 12.0. The molecule has 0 aliphatic rings. The molecule has 0 fully saturated rings. The van der Waals surface area contributed by atoms with Gasteiger partial charge in [-0.05, 0) is 32.8 Å². The smallest absolute Gasteiger partial charge is 0.357 e. The molecule has 0 saturated heterocycles. The zero-order valence-electron chi connectivity index (χ0n) is 11.1. The number of rotatable bonds is 3. The second-order valence-corrected chi connectivity index (χ2v) is 4.16. The van der Waals surface area contributed by atoms with Crippen molar-refractivity contribution in [1.82, 2.24) is 14.4 Å². The summed E-state index contributed by atoms with van der Waals surface area (Å²) in [5.74, 6) is 0.213. The topological polar surface area (TPSA) is 56.5 Å². The van der Waals surface area contributed by atoms with E-state index in [-0.39, 0.29) is 5.97 Å². The standard InChI is InChI=1S/C13H17N3O2/c1-5-10-11(12(17)18-6-2)16-7-8(3)9(4)14-13(16)15-10/h7H,5-6H2,1-4H3. The van der Waals surface area contributed by atoms with Gasteiger partial charge in [0.25, 0.3) is 0 Å². The Balaban J connectivity index is 2.68. The Morgan fingerprint density at radius 2 is 2.06 bits per heavy atom. The number of carbonyl (C=O) groups is 1. The van der Waals surface area contributed by atoms with Crippen LogP contribution in [-0.4, -0.2) is 26.9 Å². The van der Waals surface area contributed by atoms with E-state index in [0.29, 0.717) is 24.5 Å². The van der Waals surface area contributed by atoms with Gasteiger partial charge < -0.3 is 4.74 Å². The fraction of sp³-hybridized carbons (Fsp3) is 0.462. The predicted octanol–water partition coefficient (Wildman–Crippen LogP) is 2.09. The summed E-state index contributed by atoms with van der Waals surface area (Å²) in [4.78, 5) is 20.8. The molecule has 0 aromatic carbocycles. The molecule has 2 aromatic rings. The molecule has 96 valence electrons. The number of imidazole rings is 1. The monoisotopic (exact) mass is 247 g/mol. The molecule has 2 heterocycles. The van der Waals surface area contributed by atoms with Gasteiger partial charge in [0.15, 0.2) is 5.69 Å². The fourth-order valence-electron chi connectivity index (χ4n) is 1.86. The van der Waals surface area contributed by atoms with Crippen LogP contribution in [0, 0.1) is 13.8 Å². The van der Waals surface area contributed by atoms with Gasteiger partial charge in [-0.15, -0.1) is 0 Å². The molecule has 0 radical (unpaired) electrons. The zero-order chi connectivity index (χ0) is 13.3. The minimum Gasteiger partial charge on any atom is -0.461 e. The highest BCUT2D eigenvalue weighted by Crippen LogP contribution is 2.15. The Kier molecular flexibility index (Phi) is 3.32. The SMILES string of the molecule is CCOC(=O)c1c(CC)nc2nc(C)c(C)cn12. The first kappa shape index (κ1) is 12.5. The third kappa shape index (κ3) is 1.96. The third-order valence-electron chi connectivity index (χ3n) is 2.93. The van der Waals surface area contributed by atoms with Crippen LogP contribution in [0.3, 0.4) is 0 Å². The number of ether oxygens (including phenoxy) is 1. The lowest BCUT2D eigenvalue weighted by atomic mass is 10.2. The Labute approximate surface area is 106 Å². The molecular formula is C13H17N3O2. The van der Waals surface area contributed by atoms with Gasteiger partial charge in [0.1, 0.15) is 0 Å². The molecular weight excluding hydrogens is 230 g/mol. The van der Waals surface area contributed by atoms with Crippen LogP contribution >= 0.6 is 0 Å². The van der Waals surface area contributed by atoms with E-state index in [4.69, 9.17) is 4.74 Å². The van der Waals surface area contributed by atoms with E-state index in [1.807, 2.05) is 27.0 Å². The van der Waals surface area contributed by atoms with E-state index in [1.54, 1.807) is 11.3 Å². The first-order valence-corrected chi connectivity index (χ1v) is 6.10. The van der Waals surface area contributed by atoms with Crippen LogP contribution in [0.1, 0.15) is 41.3 Å². The van der Waals surface area contributed by atoms with E-state index in [0.717, 1.165) is 17.0 Å². The molecule has 0 spiro atoms. The summed E-state index contributed by atoms with van der Waals surface area (Å²) in [6.07, 6.45) is 2.56. The average Bonchev–Trinajstić information content (AvgIpc) is 2.68. The molecule has 2 rings (SSSR count). The molecule has 18 heavy (non-hydrogen) atoms. The van der Waals surface area contributed by atoms with Crippen molar-refractivity contribution in [3.8, 4) is 0 Å². The normalized spacial score (nSPS) is 10.9. The first-order chi connectivity index (χ1) is 8.58. The van der Waals surface area contributed by atoms with Crippen LogP contribution in [-0.2, 0) is 11.2 Å². The van der Waals surface area contributed by atoms with Crippen LogP contribution in [0.5, 0.6) is 0 Å². The fourth-order valence-corrected chi connectivity index (χ4v) is 1.86. The van der Waals surface area contributed by atoms with Crippen molar-refractivity contribution < 1.29 is 9.53 Å². The van der Waals surface area contributed by atoms with Gasteiger partial charge >= 0.3 is 5.97 Å².